The summed E-state index contributed by atoms with van der Waals surface area (Å²) in [6.45, 7) is 4.79. The maximum absolute atomic E-state index is 10.8. The van der Waals surface area contributed by atoms with Crippen molar-refractivity contribution < 1.29 is 15.0 Å². The Bertz CT molecular complexity index is 436. The summed E-state index contributed by atoms with van der Waals surface area (Å²) < 4.78 is 0. The molecule has 5 heteroatoms. The lowest BCUT2D eigenvalue weighted by molar-refractivity contribution is 0.0697. The normalized spacial score (nSPS) is 11.4. The molecule has 0 amide bonds. The summed E-state index contributed by atoms with van der Waals surface area (Å²) in [4.78, 5) is 10.8. The fourth-order valence-electron chi connectivity index (χ4n) is 1.85. The molecule has 1 aromatic rings. The predicted molar refractivity (Wildman–Crippen MR) is 77.0 cm³/mol. The number of nitrogens with one attached hydrogen (secondary N) is 1. The lowest BCUT2D eigenvalue weighted by Crippen LogP contribution is -2.32. The van der Waals surface area contributed by atoms with Crippen LogP contribution in [0.1, 0.15) is 37.0 Å². The minimum Gasteiger partial charge on any atom is -0.478 e. The highest BCUT2D eigenvalue weighted by atomic mass is 35.5. The van der Waals surface area contributed by atoms with Gasteiger partial charge in [-0.05, 0) is 31.0 Å². The van der Waals surface area contributed by atoms with E-state index in [1.807, 2.05) is 13.8 Å². The Kier molecular flexibility index (Phi) is 5.63. The molecule has 0 fully saturated rings. The Morgan fingerprint density at radius 3 is 2.42 bits per heavy atom. The SMILES string of the molecule is CCC(CC)(CO)CNc1ccc(C(=O)O)cc1Cl. The zero-order chi connectivity index (χ0) is 14.5. The molecule has 4 nitrogen and oxygen atoms in total. The minimum atomic E-state index is -1.000. The van der Waals surface area contributed by atoms with Gasteiger partial charge in [-0.25, -0.2) is 4.79 Å². The van der Waals surface area contributed by atoms with Crippen molar-refractivity contribution in [3.05, 3.63) is 28.8 Å². The van der Waals surface area contributed by atoms with Gasteiger partial charge in [0.15, 0.2) is 0 Å². The fraction of sp³-hybridized carbons (Fsp3) is 0.500. The summed E-state index contributed by atoms with van der Waals surface area (Å²) in [5.74, 6) is -1.000. The van der Waals surface area contributed by atoms with Crippen LogP contribution in [0.4, 0.5) is 5.69 Å². The molecule has 1 aromatic carbocycles. The quantitative estimate of drug-likeness (QED) is 0.719. The van der Waals surface area contributed by atoms with E-state index in [0.29, 0.717) is 17.3 Å². The van der Waals surface area contributed by atoms with Gasteiger partial charge in [0.1, 0.15) is 0 Å². The third-order valence-corrected chi connectivity index (χ3v) is 4.02. The van der Waals surface area contributed by atoms with E-state index in [9.17, 15) is 9.90 Å². The molecule has 0 heterocycles. The summed E-state index contributed by atoms with van der Waals surface area (Å²) >= 11 is 6.04. The van der Waals surface area contributed by atoms with Gasteiger partial charge >= 0.3 is 5.97 Å². The summed E-state index contributed by atoms with van der Waals surface area (Å²) in [5, 5.41) is 21.9. The van der Waals surface area contributed by atoms with Crippen LogP contribution in [0.5, 0.6) is 0 Å². The molecular weight excluding hydrogens is 266 g/mol. The molecule has 0 atom stereocenters. The molecule has 0 aliphatic carbocycles. The molecule has 106 valence electrons. The highest BCUT2D eigenvalue weighted by molar-refractivity contribution is 6.33. The van der Waals surface area contributed by atoms with E-state index < -0.39 is 5.97 Å². The van der Waals surface area contributed by atoms with Gasteiger partial charge in [0.25, 0.3) is 0 Å². The third kappa shape index (κ3) is 3.85. The zero-order valence-corrected chi connectivity index (χ0v) is 12.0. The monoisotopic (exact) mass is 285 g/mol. The van der Waals surface area contributed by atoms with Crippen LogP contribution in [0, 0.1) is 5.41 Å². The van der Waals surface area contributed by atoms with Gasteiger partial charge < -0.3 is 15.5 Å². The number of carboxylic acids is 1. The Hall–Kier alpha value is -1.26. The third-order valence-electron chi connectivity index (χ3n) is 3.71. The standard InChI is InChI=1S/C14H20ClNO3/c1-3-14(4-2,9-17)8-16-12-6-5-10(13(18)19)7-11(12)15/h5-7,16-17H,3-4,8-9H2,1-2H3,(H,18,19). The number of hydrogen-bond donors (Lipinski definition) is 3. The first-order valence-electron chi connectivity index (χ1n) is 6.35. The molecular formula is C14H20ClNO3. The largest absolute Gasteiger partial charge is 0.478 e. The first kappa shape index (κ1) is 15.8. The van der Waals surface area contributed by atoms with Crippen LogP contribution in [-0.2, 0) is 0 Å². The summed E-state index contributed by atoms with van der Waals surface area (Å²) in [6.07, 6.45) is 1.72. The smallest absolute Gasteiger partial charge is 0.335 e. The second-order valence-electron chi connectivity index (χ2n) is 4.72. The van der Waals surface area contributed by atoms with Gasteiger partial charge in [-0.15, -0.1) is 0 Å². The Balaban J connectivity index is 2.80. The number of rotatable bonds is 7. The van der Waals surface area contributed by atoms with E-state index in [-0.39, 0.29) is 17.6 Å². The molecule has 0 bridgehead atoms. The van der Waals surface area contributed by atoms with Crippen LogP contribution in [0.3, 0.4) is 0 Å². The minimum absolute atomic E-state index is 0.109. The van der Waals surface area contributed by atoms with Crippen molar-refractivity contribution in [2.45, 2.75) is 26.7 Å². The van der Waals surface area contributed by atoms with Crippen molar-refractivity contribution in [3.63, 3.8) is 0 Å². The zero-order valence-electron chi connectivity index (χ0n) is 11.2. The Morgan fingerprint density at radius 2 is 2.00 bits per heavy atom. The fourth-order valence-corrected chi connectivity index (χ4v) is 2.10. The second-order valence-corrected chi connectivity index (χ2v) is 5.13. The number of carbonyl (C=O) groups is 1. The van der Waals surface area contributed by atoms with Crippen LogP contribution in [-0.4, -0.2) is 29.3 Å². The number of carboxylic acid groups (broad SMARTS) is 1. The van der Waals surface area contributed by atoms with Crippen LogP contribution in [0.25, 0.3) is 0 Å². The molecule has 0 saturated carbocycles. The van der Waals surface area contributed by atoms with Gasteiger partial charge in [0.2, 0.25) is 0 Å². The van der Waals surface area contributed by atoms with E-state index in [1.165, 1.54) is 12.1 Å². The highest BCUT2D eigenvalue weighted by Gasteiger charge is 2.25. The Morgan fingerprint density at radius 1 is 1.37 bits per heavy atom. The van der Waals surface area contributed by atoms with E-state index in [1.54, 1.807) is 6.07 Å². The van der Waals surface area contributed by atoms with E-state index >= 15 is 0 Å². The molecule has 1 rings (SSSR count). The molecule has 0 aromatic heterocycles. The van der Waals surface area contributed by atoms with Crippen LogP contribution in [0.15, 0.2) is 18.2 Å². The average molecular weight is 286 g/mol. The predicted octanol–water partition coefficient (Wildman–Crippen LogP) is 3.25. The van der Waals surface area contributed by atoms with Gasteiger partial charge in [0.05, 0.1) is 22.9 Å². The number of anilines is 1. The molecule has 0 aliphatic heterocycles. The lowest BCUT2D eigenvalue weighted by Gasteiger charge is -2.30. The maximum atomic E-state index is 10.8. The number of halogens is 1. The maximum Gasteiger partial charge on any atom is 0.335 e. The van der Waals surface area contributed by atoms with Gasteiger partial charge in [-0.2, -0.15) is 0 Å². The molecule has 0 saturated heterocycles. The van der Waals surface area contributed by atoms with Crippen LogP contribution >= 0.6 is 11.6 Å². The van der Waals surface area contributed by atoms with E-state index in [0.717, 1.165) is 12.8 Å². The first-order chi connectivity index (χ1) is 8.98. The molecule has 0 radical (unpaired) electrons. The van der Waals surface area contributed by atoms with Crippen molar-refractivity contribution in [1.82, 2.24) is 0 Å². The summed E-state index contributed by atoms with van der Waals surface area (Å²) in [5.41, 5.74) is 0.677. The Labute approximate surface area is 118 Å². The number of aliphatic hydroxyl groups excluding tert-OH is 1. The first-order valence-corrected chi connectivity index (χ1v) is 6.73. The van der Waals surface area contributed by atoms with Crippen molar-refractivity contribution >= 4 is 23.3 Å². The van der Waals surface area contributed by atoms with Crippen molar-refractivity contribution in [2.75, 3.05) is 18.5 Å². The van der Waals surface area contributed by atoms with Gasteiger partial charge in [-0.1, -0.05) is 25.4 Å². The molecule has 19 heavy (non-hydrogen) atoms. The average Bonchev–Trinajstić information content (AvgIpc) is 2.42. The van der Waals surface area contributed by atoms with Crippen molar-refractivity contribution in [1.29, 1.82) is 0 Å². The molecule has 3 N–H and O–H groups in total. The van der Waals surface area contributed by atoms with Crippen molar-refractivity contribution in [2.24, 2.45) is 5.41 Å². The van der Waals surface area contributed by atoms with Gasteiger partial charge in [0, 0.05) is 12.0 Å². The number of hydrogen-bond acceptors (Lipinski definition) is 3. The van der Waals surface area contributed by atoms with Crippen molar-refractivity contribution in [3.8, 4) is 0 Å². The summed E-state index contributed by atoms with van der Waals surface area (Å²) in [7, 11) is 0. The topological polar surface area (TPSA) is 69.6 Å². The van der Waals surface area contributed by atoms with Gasteiger partial charge in [-0.3, -0.25) is 0 Å². The molecule has 0 aliphatic rings. The highest BCUT2D eigenvalue weighted by Crippen LogP contribution is 2.29. The molecule has 0 spiro atoms. The van der Waals surface area contributed by atoms with Crippen LogP contribution in [0.2, 0.25) is 5.02 Å². The lowest BCUT2D eigenvalue weighted by atomic mass is 9.83. The molecule has 0 unspecified atom stereocenters. The summed E-state index contributed by atoms with van der Waals surface area (Å²) in [6, 6.07) is 4.58. The number of aromatic carboxylic acids is 1. The van der Waals surface area contributed by atoms with Crippen LogP contribution < -0.4 is 5.32 Å². The van der Waals surface area contributed by atoms with E-state index in [2.05, 4.69) is 5.32 Å². The van der Waals surface area contributed by atoms with E-state index in [4.69, 9.17) is 16.7 Å². The number of benzene rings is 1. The second kappa shape index (κ2) is 6.78. The number of aliphatic hydroxyl groups is 1.